The van der Waals surface area contributed by atoms with Crippen LogP contribution in [0.3, 0.4) is 0 Å². The molecule has 154 valence electrons. The van der Waals surface area contributed by atoms with Crippen molar-refractivity contribution in [3.05, 3.63) is 77.6 Å². The molecule has 31 heavy (non-hydrogen) atoms. The first-order chi connectivity index (χ1) is 15.2. The minimum absolute atomic E-state index is 0.153. The Labute approximate surface area is 180 Å². The van der Waals surface area contributed by atoms with Gasteiger partial charge in [0.2, 0.25) is 0 Å². The molecule has 0 spiro atoms. The first-order valence-corrected chi connectivity index (χ1v) is 10.3. The van der Waals surface area contributed by atoms with Gasteiger partial charge in [-0.15, -0.1) is 0 Å². The number of hydrogen-bond donors (Lipinski definition) is 0. The number of benzene rings is 1. The average molecular weight is 410 g/mol. The summed E-state index contributed by atoms with van der Waals surface area (Å²) in [6.45, 7) is 2.77. The summed E-state index contributed by atoms with van der Waals surface area (Å²) in [6, 6.07) is 13.9. The van der Waals surface area contributed by atoms with E-state index in [9.17, 15) is 5.26 Å². The molecular weight excluding hydrogens is 388 g/mol. The molecule has 0 amide bonds. The number of nitrogens with zero attached hydrogens (tertiary/aromatic N) is 6. The minimum atomic E-state index is 0.153. The number of hydrogen-bond acceptors (Lipinski definition) is 5. The summed E-state index contributed by atoms with van der Waals surface area (Å²) in [6.07, 6.45) is 7.34. The topological polar surface area (TPSA) is 81.0 Å². The third kappa shape index (κ3) is 3.26. The highest BCUT2D eigenvalue weighted by Gasteiger charge is 2.31. The second kappa shape index (κ2) is 7.73. The molecule has 0 saturated carbocycles. The Morgan fingerprint density at radius 1 is 1.19 bits per heavy atom. The lowest BCUT2D eigenvalue weighted by Gasteiger charge is -2.26. The van der Waals surface area contributed by atoms with Crippen LogP contribution in [0, 0.1) is 24.2 Å². The number of para-hydroxylation sites is 1. The number of fused-ring (bicyclic) bond motifs is 3. The smallest absolute Gasteiger partial charge is 0.266 e. The number of imidazole rings is 1. The van der Waals surface area contributed by atoms with E-state index in [2.05, 4.69) is 61.6 Å². The largest absolute Gasteiger partial charge is 0.347 e. The molecule has 0 saturated heterocycles. The van der Waals surface area contributed by atoms with Crippen LogP contribution in [-0.4, -0.2) is 24.8 Å². The molecule has 0 radical (unpaired) electrons. The fraction of sp³-hybridized carbons (Fsp3) is 0.250. The summed E-state index contributed by atoms with van der Waals surface area (Å²) in [5.41, 5.74) is 4.81. The van der Waals surface area contributed by atoms with Gasteiger partial charge in [-0.1, -0.05) is 23.4 Å². The Morgan fingerprint density at radius 3 is 2.87 bits per heavy atom. The molecule has 3 aromatic heterocycles. The lowest BCUT2D eigenvalue weighted by atomic mass is 9.84. The third-order valence-corrected chi connectivity index (χ3v) is 6.06. The monoisotopic (exact) mass is 410 g/mol. The van der Waals surface area contributed by atoms with Crippen LogP contribution >= 0.6 is 0 Å². The van der Waals surface area contributed by atoms with Crippen LogP contribution < -0.4 is 4.84 Å². The van der Waals surface area contributed by atoms with Crippen LogP contribution in [0.1, 0.15) is 29.1 Å². The van der Waals surface area contributed by atoms with Crippen molar-refractivity contribution in [2.75, 3.05) is 0 Å². The molecule has 5 rings (SSSR count). The molecule has 3 heterocycles. The molecule has 0 aliphatic heterocycles. The van der Waals surface area contributed by atoms with Crippen LogP contribution in [0.25, 0.3) is 10.9 Å². The van der Waals surface area contributed by atoms with E-state index in [1.54, 1.807) is 18.3 Å². The molecule has 0 bridgehead atoms. The van der Waals surface area contributed by atoms with E-state index < -0.39 is 0 Å². The van der Waals surface area contributed by atoms with E-state index in [1.165, 1.54) is 11.2 Å². The number of pyridine rings is 1. The van der Waals surface area contributed by atoms with E-state index in [1.807, 2.05) is 19.3 Å². The number of aromatic nitrogens is 4. The summed E-state index contributed by atoms with van der Waals surface area (Å²) >= 11 is 0. The van der Waals surface area contributed by atoms with Gasteiger partial charge < -0.3 is 14.0 Å². The van der Waals surface area contributed by atoms with Gasteiger partial charge in [0.15, 0.2) is 0 Å². The Hall–Kier alpha value is -3.92. The number of oxime groups is 1. The average Bonchev–Trinajstić information content (AvgIpc) is 3.34. The zero-order valence-electron chi connectivity index (χ0n) is 17.5. The lowest BCUT2D eigenvalue weighted by molar-refractivity contribution is 0.319. The van der Waals surface area contributed by atoms with E-state index in [4.69, 9.17) is 4.84 Å². The Bertz CT molecular complexity index is 1340. The molecule has 1 unspecified atom stereocenters. The second-order valence-electron chi connectivity index (χ2n) is 7.80. The summed E-state index contributed by atoms with van der Waals surface area (Å²) in [4.78, 5) is 14.3. The van der Waals surface area contributed by atoms with E-state index in [-0.39, 0.29) is 11.8 Å². The molecule has 7 nitrogen and oxygen atoms in total. The van der Waals surface area contributed by atoms with Gasteiger partial charge in [0.05, 0.1) is 5.71 Å². The second-order valence-corrected chi connectivity index (χ2v) is 7.80. The maximum atomic E-state index is 9.38. The first-order valence-electron chi connectivity index (χ1n) is 10.3. The Balaban J connectivity index is 1.63. The Kier molecular flexibility index (Phi) is 4.75. The van der Waals surface area contributed by atoms with Gasteiger partial charge in [0.1, 0.15) is 17.5 Å². The van der Waals surface area contributed by atoms with Gasteiger partial charge in [-0.25, -0.2) is 9.97 Å². The standard InChI is InChI=1S/C24H22N6O/c1-16-26-12-13-30(16)15-18-9-10-21-22(19-7-3-4-8-20(19)29(21)2)23(18)28-31-24-17(14-25)6-5-11-27-24/h3-8,11-13,18H,9-10,15H2,1-2H3/b28-23+. The maximum absolute atomic E-state index is 9.38. The van der Waals surface area contributed by atoms with Crippen LogP contribution in [0.15, 0.2) is 60.1 Å². The summed E-state index contributed by atoms with van der Waals surface area (Å²) in [5, 5.41) is 15.2. The fourth-order valence-corrected chi connectivity index (χ4v) is 4.45. The molecule has 4 aromatic rings. The molecule has 1 aliphatic carbocycles. The van der Waals surface area contributed by atoms with Crippen molar-refractivity contribution in [2.45, 2.75) is 26.3 Å². The van der Waals surface area contributed by atoms with Crippen molar-refractivity contribution >= 4 is 16.6 Å². The molecular formula is C24H22N6O. The minimum Gasteiger partial charge on any atom is -0.347 e. The SMILES string of the molecule is Cc1nccn1CC1CCc2c(c3ccccc3n2C)/C1=N/Oc1ncccc1C#N. The van der Waals surface area contributed by atoms with Crippen molar-refractivity contribution in [1.82, 2.24) is 19.1 Å². The van der Waals surface area contributed by atoms with E-state index in [0.29, 0.717) is 5.56 Å². The van der Waals surface area contributed by atoms with Crippen LogP contribution in [0.2, 0.25) is 0 Å². The zero-order valence-corrected chi connectivity index (χ0v) is 17.5. The van der Waals surface area contributed by atoms with Crippen molar-refractivity contribution < 1.29 is 4.84 Å². The lowest BCUT2D eigenvalue weighted by Crippen LogP contribution is -2.28. The van der Waals surface area contributed by atoms with Gasteiger partial charge in [0, 0.05) is 60.3 Å². The van der Waals surface area contributed by atoms with Crippen LogP contribution in [0.5, 0.6) is 5.88 Å². The van der Waals surface area contributed by atoms with E-state index >= 15 is 0 Å². The summed E-state index contributed by atoms with van der Waals surface area (Å²) < 4.78 is 4.40. The van der Waals surface area contributed by atoms with E-state index in [0.717, 1.165) is 41.9 Å². The predicted octanol–water partition coefficient (Wildman–Crippen LogP) is 4.00. The Morgan fingerprint density at radius 2 is 2.06 bits per heavy atom. The first kappa shape index (κ1) is 19.1. The quantitative estimate of drug-likeness (QED) is 0.476. The molecule has 7 heteroatoms. The third-order valence-electron chi connectivity index (χ3n) is 6.06. The molecule has 1 aromatic carbocycles. The van der Waals surface area contributed by atoms with Gasteiger partial charge in [0.25, 0.3) is 5.88 Å². The van der Waals surface area contributed by atoms with Crippen molar-refractivity contribution in [2.24, 2.45) is 18.1 Å². The molecule has 1 aliphatic rings. The molecule has 0 fully saturated rings. The highest BCUT2D eigenvalue weighted by atomic mass is 16.6. The summed E-state index contributed by atoms with van der Waals surface area (Å²) in [5.74, 6) is 1.35. The molecule has 0 N–H and O–H groups in total. The van der Waals surface area contributed by atoms with Crippen LogP contribution in [0.4, 0.5) is 0 Å². The zero-order chi connectivity index (χ0) is 21.4. The highest BCUT2D eigenvalue weighted by molar-refractivity contribution is 6.13. The van der Waals surface area contributed by atoms with Gasteiger partial charge in [-0.2, -0.15) is 5.26 Å². The number of aryl methyl sites for hydroxylation is 2. The van der Waals surface area contributed by atoms with Crippen molar-refractivity contribution in [3.8, 4) is 11.9 Å². The maximum Gasteiger partial charge on any atom is 0.266 e. The van der Waals surface area contributed by atoms with Crippen molar-refractivity contribution in [3.63, 3.8) is 0 Å². The highest BCUT2D eigenvalue weighted by Crippen LogP contribution is 2.35. The number of nitriles is 1. The number of rotatable bonds is 4. The van der Waals surface area contributed by atoms with Gasteiger partial charge in [-0.05, 0) is 38.0 Å². The van der Waals surface area contributed by atoms with Crippen molar-refractivity contribution in [1.29, 1.82) is 5.26 Å². The van der Waals surface area contributed by atoms with Crippen LogP contribution in [-0.2, 0) is 20.0 Å². The fourth-order valence-electron chi connectivity index (χ4n) is 4.45. The molecule has 1 atom stereocenters. The normalized spacial score (nSPS) is 16.9. The van der Waals surface area contributed by atoms with Gasteiger partial charge >= 0.3 is 0 Å². The predicted molar refractivity (Wildman–Crippen MR) is 118 cm³/mol. The summed E-state index contributed by atoms with van der Waals surface area (Å²) in [7, 11) is 2.10. The van der Waals surface area contributed by atoms with Gasteiger partial charge in [-0.3, -0.25) is 0 Å².